The Morgan fingerprint density at radius 2 is 2.18 bits per heavy atom. The molecule has 2 amide bonds. The molecule has 0 unspecified atom stereocenters. The van der Waals surface area contributed by atoms with Gasteiger partial charge in [0.25, 0.3) is 5.91 Å². The van der Waals surface area contributed by atoms with Gasteiger partial charge in [-0.2, -0.15) is 5.10 Å². The van der Waals surface area contributed by atoms with Crippen LogP contribution in [0.2, 0.25) is 0 Å². The van der Waals surface area contributed by atoms with Gasteiger partial charge in [-0.05, 0) is 45.1 Å². The first-order chi connectivity index (χ1) is 10.6. The first-order valence-corrected chi connectivity index (χ1v) is 8.28. The zero-order chi connectivity index (χ0) is 15.5. The van der Waals surface area contributed by atoms with Crippen LogP contribution in [0.4, 0.5) is 0 Å². The summed E-state index contributed by atoms with van der Waals surface area (Å²) >= 11 is 0. The van der Waals surface area contributed by atoms with E-state index in [0.29, 0.717) is 30.6 Å². The standard InChI is InChI=1S/C16H24N4O2/c1-11-4-2-3-9-20(11)15(21)7-8-17-16(22)14-10-13(18-19-14)12-5-6-12/h10-12H,2-9H2,1H3,(H,17,22)(H,18,19)/t11-/m1/s1. The molecular formula is C16H24N4O2. The molecule has 1 aliphatic heterocycles. The third kappa shape index (κ3) is 3.48. The van der Waals surface area contributed by atoms with Crippen LogP contribution in [-0.2, 0) is 4.79 Å². The predicted octanol–water partition coefficient (Wildman–Crippen LogP) is 1.81. The molecule has 6 heteroatoms. The van der Waals surface area contributed by atoms with E-state index in [-0.39, 0.29) is 11.8 Å². The van der Waals surface area contributed by atoms with Crippen molar-refractivity contribution in [2.75, 3.05) is 13.1 Å². The van der Waals surface area contributed by atoms with Crippen LogP contribution in [0.25, 0.3) is 0 Å². The van der Waals surface area contributed by atoms with E-state index in [1.807, 2.05) is 11.0 Å². The highest BCUT2D eigenvalue weighted by molar-refractivity contribution is 5.92. The van der Waals surface area contributed by atoms with Crippen LogP contribution >= 0.6 is 0 Å². The molecule has 0 radical (unpaired) electrons. The maximum atomic E-state index is 12.2. The molecule has 1 atom stereocenters. The number of hydrogen-bond acceptors (Lipinski definition) is 3. The molecule has 2 N–H and O–H groups in total. The van der Waals surface area contributed by atoms with Crippen molar-refractivity contribution in [3.63, 3.8) is 0 Å². The monoisotopic (exact) mass is 304 g/mol. The van der Waals surface area contributed by atoms with Gasteiger partial charge >= 0.3 is 0 Å². The number of likely N-dealkylation sites (tertiary alicyclic amines) is 1. The highest BCUT2D eigenvalue weighted by Crippen LogP contribution is 2.38. The lowest BCUT2D eigenvalue weighted by atomic mass is 10.0. The molecular weight excluding hydrogens is 280 g/mol. The molecule has 1 aromatic rings. The maximum Gasteiger partial charge on any atom is 0.271 e. The highest BCUT2D eigenvalue weighted by atomic mass is 16.2. The van der Waals surface area contributed by atoms with Gasteiger partial charge in [-0.3, -0.25) is 14.7 Å². The minimum Gasteiger partial charge on any atom is -0.350 e. The number of nitrogens with zero attached hydrogens (tertiary/aromatic N) is 2. The van der Waals surface area contributed by atoms with Gasteiger partial charge in [0.15, 0.2) is 0 Å². The van der Waals surface area contributed by atoms with Gasteiger partial charge in [-0.15, -0.1) is 0 Å². The first-order valence-electron chi connectivity index (χ1n) is 8.28. The van der Waals surface area contributed by atoms with Gasteiger partial charge < -0.3 is 10.2 Å². The van der Waals surface area contributed by atoms with Crippen molar-refractivity contribution in [3.8, 4) is 0 Å². The number of aromatic nitrogens is 2. The number of aromatic amines is 1. The molecule has 0 spiro atoms. The Morgan fingerprint density at radius 3 is 2.91 bits per heavy atom. The second kappa shape index (κ2) is 6.50. The summed E-state index contributed by atoms with van der Waals surface area (Å²) in [6.07, 6.45) is 6.06. The first kappa shape index (κ1) is 15.1. The Bertz CT molecular complexity index is 550. The lowest BCUT2D eigenvalue weighted by molar-refractivity contribution is -0.134. The fourth-order valence-electron chi connectivity index (χ4n) is 3.04. The molecule has 1 saturated heterocycles. The number of amides is 2. The van der Waals surface area contributed by atoms with Crippen molar-refractivity contribution in [1.29, 1.82) is 0 Å². The molecule has 2 fully saturated rings. The van der Waals surface area contributed by atoms with Crippen LogP contribution in [-0.4, -0.2) is 46.0 Å². The fourth-order valence-corrected chi connectivity index (χ4v) is 3.04. The molecule has 3 rings (SSSR count). The zero-order valence-electron chi connectivity index (χ0n) is 13.1. The molecule has 22 heavy (non-hydrogen) atoms. The zero-order valence-corrected chi connectivity index (χ0v) is 13.1. The van der Waals surface area contributed by atoms with E-state index in [4.69, 9.17) is 0 Å². The third-order valence-electron chi connectivity index (χ3n) is 4.60. The summed E-state index contributed by atoms with van der Waals surface area (Å²) in [5.74, 6) is 0.479. The average Bonchev–Trinajstić information content (AvgIpc) is 3.24. The van der Waals surface area contributed by atoms with Gasteiger partial charge in [0.05, 0.1) is 0 Å². The smallest absolute Gasteiger partial charge is 0.271 e. The number of H-pyrrole nitrogens is 1. The summed E-state index contributed by atoms with van der Waals surface area (Å²) in [7, 11) is 0. The van der Waals surface area contributed by atoms with E-state index in [1.54, 1.807) is 0 Å². The van der Waals surface area contributed by atoms with Crippen LogP contribution in [0, 0.1) is 0 Å². The van der Waals surface area contributed by atoms with Crippen LogP contribution in [0.3, 0.4) is 0 Å². The van der Waals surface area contributed by atoms with Crippen LogP contribution in [0.15, 0.2) is 6.07 Å². The molecule has 0 aromatic carbocycles. The number of carbonyl (C=O) groups excluding carboxylic acids is 2. The molecule has 6 nitrogen and oxygen atoms in total. The summed E-state index contributed by atoms with van der Waals surface area (Å²) < 4.78 is 0. The summed E-state index contributed by atoms with van der Waals surface area (Å²) in [6, 6.07) is 2.14. The predicted molar refractivity (Wildman–Crippen MR) is 82.5 cm³/mol. The van der Waals surface area contributed by atoms with E-state index in [2.05, 4.69) is 22.4 Å². The van der Waals surface area contributed by atoms with E-state index in [0.717, 1.165) is 25.1 Å². The van der Waals surface area contributed by atoms with Gasteiger partial charge in [-0.25, -0.2) is 0 Å². The summed E-state index contributed by atoms with van der Waals surface area (Å²) in [5, 5.41) is 9.75. The third-order valence-corrected chi connectivity index (χ3v) is 4.60. The molecule has 1 saturated carbocycles. The number of hydrogen-bond donors (Lipinski definition) is 2. The molecule has 0 bridgehead atoms. The number of rotatable bonds is 5. The quantitative estimate of drug-likeness (QED) is 0.871. The van der Waals surface area contributed by atoms with E-state index in [9.17, 15) is 9.59 Å². The normalized spacial score (nSPS) is 21.7. The summed E-state index contributed by atoms with van der Waals surface area (Å²) in [4.78, 5) is 26.1. The Balaban J connectivity index is 1.43. The van der Waals surface area contributed by atoms with E-state index >= 15 is 0 Å². The molecule has 1 aliphatic carbocycles. The Morgan fingerprint density at radius 1 is 1.36 bits per heavy atom. The lowest BCUT2D eigenvalue weighted by Gasteiger charge is -2.33. The van der Waals surface area contributed by atoms with E-state index < -0.39 is 0 Å². The average molecular weight is 304 g/mol. The Kier molecular flexibility index (Phi) is 4.45. The number of carbonyl (C=O) groups is 2. The SMILES string of the molecule is C[C@@H]1CCCCN1C(=O)CCNC(=O)c1cc(C2CC2)[nH]n1. The highest BCUT2D eigenvalue weighted by Gasteiger charge is 2.26. The van der Waals surface area contributed by atoms with E-state index in [1.165, 1.54) is 19.3 Å². The maximum absolute atomic E-state index is 12.2. The van der Waals surface area contributed by atoms with Crippen molar-refractivity contribution in [2.45, 2.75) is 57.4 Å². The minimum atomic E-state index is -0.206. The van der Waals surface area contributed by atoms with Crippen LogP contribution < -0.4 is 5.32 Å². The van der Waals surface area contributed by atoms with Gasteiger partial charge in [-0.1, -0.05) is 0 Å². The lowest BCUT2D eigenvalue weighted by Crippen LogP contribution is -2.43. The van der Waals surface area contributed by atoms with Gasteiger partial charge in [0.1, 0.15) is 5.69 Å². The topological polar surface area (TPSA) is 78.1 Å². The van der Waals surface area contributed by atoms with Crippen molar-refractivity contribution in [1.82, 2.24) is 20.4 Å². The van der Waals surface area contributed by atoms with Gasteiger partial charge in [0.2, 0.25) is 5.91 Å². The second-order valence-electron chi connectivity index (χ2n) is 6.42. The van der Waals surface area contributed by atoms with Crippen molar-refractivity contribution >= 4 is 11.8 Å². The van der Waals surface area contributed by atoms with Crippen molar-refractivity contribution in [2.24, 2.45) is 0 Å². The Hall–Kier alpha value is -1.85. The number of nitrogens with one attached hydrogen (secondary N) is 2. The Labute approximate surface area is 130 Å². The van der Waals surface area contributed by atoms with Crippen molar-refractivity contribution in [3.05, 3.63) is 17.5 Å². The fraction of sp³-hybridized carbons (Fsp3) is 0.688. The second-order valence-corrected chi connectivity index (χ2v) is 6.42. The molecule has 2 heterocycles. The molecule has 1 aromatic heterocycles. The van der Waals surface area contributed by atoms with Crippen molar-refractivity contribution < 1.29 is 9.59 Å². The number of piperidine rings is 1. The summed E-state index contributed by atoms with van der Waals surface area (Å²) in [6.45, 7) is 3.31. The molecule has 120 valence electrons. The van der Waals surface area contributed by atoms with Crippen LogP contribution in [0.1, 0.15) is 67.5 Å². The molecule has 2 aliphatic rings. The largest absolute Gasteiger partial charge is 0.350 e. The summed E-state index contributed by atoms with van der Waals surface area (Å²) in [5.41, 5.74) is 1.46. The van der Waals surface area contributed by atoms with Crippen LogP contribution in [0.5, 0.6) is 0 Å². The minimum absolute atomic E-state index is 0.133. The van der Waals surface area contributed by atoms with Gasteiger partial charge in [0, 0.05) is 37.2 Å².